The number of nitrogens with zero attached hydrogens (tertiary/aromatic N) is 2. The van der Waals surface area contributed by atoms with Crippen molar-refractivity contribution >= 4 is 28.3 Å². The Labute approximate surface area is 113 Å². The molecule has 1 heterocycles. The zero-order chi connectivity index (χ0) is 12.4. The number of halogens is 2. The van der Waals surface area contributed by atoms with Gasteiger partial charge < -0.3 is 5.32 Å². The topological polar surface area (TPSA) is 29.9 Å². The number of benzene rings is 1. The summed E-state index contributed by atoms with van der Waals surface area (Å²) >= 11 is 2.12. The molecule has 1 N–H and O–H groups in total. The highest BCUT2D eigenvalue weighted by molar-refractivity contribution is 14.1. The molecule has 0 aliphatic heterocycles. The summed E-state index contributed by atoms with van der Waals surface area (Å²) in [7, 11) is 1.92. The largest absolute Gasteiger partial charge is 0.380 e. The molecule has 2 aromatic rings. The summed E-state index contributed by atoms with van der Waals surface area (Å²) < 4.78 is 15.7. The molecule has 5 heteroatoms. The Morgan fingerprint density at radius 1 is 1.47 bits per heavy atom. The molecule has 0 fully saturated rings. The first-order chi connectivity index (χ1) is 8.08. The van der Waals surface area contributed by atoms with Gasteiger partial charge in [-0.05, 0) is 47.7 Å². The molecule has 0 bridgehead atoms. The third-order valence-corrected chi connectivity index (χ3v) is 3.63. The lowest BCUT2D eigenvalue weighted by atomic mass is 10.2. The van der Waals surface area contributed by atoms with Crippen molar-refractivity contribution in [3.63, 3.8) is 0 Å². The summed E-state index contributed by atoms with van der Waals surface area (Å²) in [5, 5.41) is 7.46. The predicted molar refractivity (Wildman–Crippen MR) is 74.4 cm³/mol. The van der Waals surface area contributed by atoms with Gasteiger partial charge in [0.25, 0.3) is 0 Å². The third kappa shape index (κ3) is 2.77. The summed E-state index contributed by atoms with van der Waals surface area (Å²) in [5.74, 6) is -0.211. The minimum absolute atomic E-state index is 0.211. The van der Waals surface area contributed by atoms with Crippen LogP contribution < -0.4 is 5.32 Å². The fourth-order valence-corrected chi connectivity index (χ4v) is 2.21. The standard InChI is InChI=1S/C12H13FIN3/c1-8-9(7-16-17(8)2)6-15-12-4-3-10(13)5-11(12)14/h3-5,7,15H,6H2,1-2H3. The van der Waals surface area contributed by atoms with Gasteiger partial charge in [-0.2, -0.15) is 5.10 Å². The summed E-state index contributed by atoms with van der Waals surface area (Å²) in [4.78, 5) is 0. The molecule has 0 aliphatic carbocycles. The molecule has 0 amide bonds. The van der Waals surface area contributed by atoms with Crippen molar-refractivity contribution in [2.45, 2.75) is 13.5 Å². The molecule has 90 valence electrons. The van der Waals surface area contributed by atoms with Crippen LogP contribution in [-0.2, 0) is 13.6 Å². The first-order valence-corrected chi connectivity index (χ1v) is 6.32. The maximum Gasteiger partial charge on any atom is 0.124 e. The molecule has 0 saturated heterocycles. The van der Waals surface area contributed by atoms with Gasteiger partial charge in [0, 0.05) is 34.1 Å². The van der Waals surface area contributed by atoms with E-state index < -0.39 is 0 Å². The van der Waals surface area contributed by atoms with Crippen LogP contribution in [0, 0.1) is 16.3 Å². The van der Waals surface area contributed by atoms with E-state index in [1.165, 1.54) is 12.1 Å². The first kappa shape index (κ1) is 12.3. The van der Waals surface area contributed by atoms with E-state index in [9.17, 15) is 4.39 Å². The van der Waals surface area contributed by atoms with Crippen molar-refractivity contribution in [3.8, 4) is 0 Å². The molecule has 0 unspecified atom stereocenters. The van der Waals surface area contributed by atoms with Crippen molar-refractivity contribution in [1.29, 1.82) is 0 Å². The summed E-state index contributed by atoms with van der Waals surface area (Å²) in [6.07, 6.45) is 1.85. The SMILES string of the molecule is Cc1c(CNc2ccc(F)cc2I)cnn1C. The molecule has 1 aromatic carbocycles. The van der Waals surface area contributed by atoms with Crippen molar-refractivity contribution in [1.82, 2.24) is 9.78 Å². The Kier molecular flexibility index (Phi) is 3.66. The molecule has 1 aromatic heterocycles. The molecule has 0 aliphatic rings. The lowest BCUT2D eigenvalue weighted by Crippen LogP contribution is -2.02. The number of hydrogen-bond donors (Lipinski definition) is 1. The fraction of sp³-hybridized carbons (Fsp3) is 0.250. The maximum absolute atomic E-state index is 12.9. The van der Waals surface area contributed by atoms with Crippen LogP contribution in [0.1, 0.15) is 11.3 Å². The monoisotopic (exact) mass is 345 g/mol. The fourth-order valence-electron chi connectivity index (χ4n) is 1.54. The van der Waals surface area contributed by atoms with Crippen LogP contribution >= 0.6 is 22.6 Å². The molecule has 2 rings (SSSR count). The van der Waals surface area contributed by atoms with Crippen molar-refractivity contribution in [2.75, 3.05) is 5.32 Å². The number of nitrogens with one attached hydrogen (secondary N) is 1. The molecule has 3 nitrogen and oxygen atoms in total. The van der Waals surface area contributed by atoms with Gasteiger partial charge in [0.2, 0.25) is 0 Å². The van der Waals surface area contributed by atoms with Crippen LogP contribution in [0.3, 0.4) is 0 Å². The zero-order valence-corrected chi connectivity index (χ0v) is 11.8. The van der Waals surface area contributed by atoms with E-state index in [1.54, 1.807) is 6.07 Å². The summed E-state index contributed by atoms with van der Waals surface area (Å²) in [6.45, 7) is 2.72. The van der Waals surface area contributed by atoms with E-state index >= 15 is 0 Å². The highest BCUT2D eigenvalue weighted by Crippen LogP contribution is 2.20. The first-order valence-electron chi connectivity index (χ1n) is 5.24. The Hall–Kier alpha value is -1.11. The Morgan fingerprint density at radius 3 is 2.82 bits per heavy atom. The number of anilines is 1. The van der Waals surface area contributed by atoms with Gasteiger partial charge in [-0.25, -0.2) is 4.39 Å². The van der Waals surface area contributed by atoms with Crippen LogP contribution in [0.15, 0.2) is 24.4 Å². The molecular weight excluding hydrogens is 332 g/mol. The van der Waals surface area contributed by atoms with Crippen molar-refractivity contribution in [3.05, 3.63) is 45.0 Å². The molecule has 0 atom stereocenters. The van der Waals surface area contributed by atoms with Crippen molar-refractivity contribution < 1.29 is 4.39 Å². The van der Waals surface area contributed by atoms with Crippen LogP contribution in [-0.4, -0.2) is 9.78 Å². The van der Waals surface area contributed by atoms with Gasteiger partial charge in [-0.3, -0.25) is 4.68 Å². The average molecular weight is 345 g/mol. The van der Waals surface area contributed by atoms with Crippen molar-refractivity contribution in [2.24, 2.45) is 7.05 Å². The Morgan fingerprint density at radius 2 is 2.24 bits per heavy atom. The number of aromatic nitrogens is 2. The highest BCUT2D eigenvalue weighted by atomic mass is 127. The van der Waals surface area contributed by atoms with Crippen LogP contribution in [0.25, 0.3) is 0 Å². The Bertz CT molecular complexity index is 537. The molecule has 0 saturated carbocycles. The van der Waals surface area contributed by atoms with Gasteiger partial charge >= 0.3 is 0 Å². The second-order valence-corrected chi connectivity index (χ2v) is 5.02. The van der Waals surface area contributed by atoms with E-state index in [2.05, 4.69) is 33.0 Å². The molecule has 0 radical (unpaired) electrons. The van der Waals surface area contributed by atoms with Gasteiger partial charge in [0.15, 0.2) is 0 Å². The van der Waals surface area contributed by atoms with E-state index in [0.29, 0.717) is 6.54 Å². The lowest BCUT2D eigenvalue weighted by molar-refractivity contribution is 0.627. The van der Waals surface area contributed by atoms with Crippen LogP contribution in [0.4, 0.5) is 10.1 Å². The minimum Gasteiger partial charge on any atom is -0.380 e. The summed E-state index contributed by atoms with van der Waals surface area (Å²) in [6, 6.07) is 4.72. The van der Waals surface area contributed by atoms with E-state index in [0.717, 1.165) is 20.5 Å². The maximum atomic E-state index is 12.9. The number of hydrogen-bond acceptors (Lipinski definition) is 2. The molecular formula is C12H13FIN3. The summed E-state index contributed by atoms with van der Waals surface area (Å²) in [5.41, 5.74) is 3.22. The van der Waals surface area contributed by atoms with E-state index in [-0.39, 0.29) is 5.82 Å². The smallest absolute Gasteiger partial charge is 0.124 e. The van der Waals surface area contributed by atoms with E-state index in [4.69, 9.17) is 0 Å². The quantitative estimate of drug-likeness (QED) is 0.867. The van der Waals surface area contributed by atoms with Crippen LogP contribution in [0.2, 0.25) is 0 Å². The lowest BCUT2D eigenvalue weighted by Gasteiger charge is -2.08. The molecule has 17 heavy (non-hydrogen) atoms. The second-order valence-electron chi connectivity index (χ2n) is 3.86. The third-order valence-electron chi connectivity index (χ3n) is 2.74. The highest BCUT2D eigenvalue weighted by Gasteiger charge is 2.05. The zero-order valence-electron chi connectivity index (χ0n) is 9.67. The van der Waals surface area contributed by atoms with Gasteiger partial charge in [-0.15, -0.1) is 0 Å². The number of rotatable bonds is 3. The minimum atomic E-state index is -0.211. The van der Waals surface area contributed by atoms with Gasteiger partial charge in [-0.1, -0.05) is 0 Å². The normalized spacial score (nSPS) is 10.6. The van der Waals surface area contributed by atoms with E-state index in [1.807, 2.05) is 24.9 Å². The van der Waals surface area contributed by atoms with Crippen LogP contribution in [0.5, 0.6) is 0 Å². The molecule has 0 spiro atoms. The average Bonchev–Trinajstić information content (AvgIpc) is 2.59. The van der Waals surface area contributed by atoms with Gasteiger partial charge in [0.05, 0.1) is 6.20 Å². The second kappa shape index (κ2) is 5.03. The Balaban J connectivity index is 2.10. The predicted octanol–water partition coefficient (Wildman–Crippen LogP) is 3.08. The number of aryl methyl sites for hydroxylation is 1. The van der Waals surface area contributed by atoms with Gasteiger partial charge in [0.1, 0.15) is 5.82 Å².